The number of benzene rings is 4. The van der Waals surface area contributed by atoms with Crippen LogP contribution in [0.3, 0.4) is 0 Å². The molecule has 0 unspecified atom stereocenters. The Labute approximate surface area is 226 Å². The lowest BCUT2D eigenvalue weighted by Crippen LogP contribution is -2.30. The normalized spacial score (nSPS) is 10.9. The largest absolute Gasteiger partial charge is 0.493 e. The van der Waals surface area contributed by atoms with Crippen LogP contribution in [0.5, 0.6) is 11.5 Å². The van der Waals surface area contributed by atoms with Gasteiger partial charge in [0.05, 0.1) is 14.2 Å². The summed E-state index contributed by atoms with van der Waals surface area (Å²) in [5, 5.41) is 5.63. The number of anilines is 1. The van der Waals surface area contributed by atoms with Crippen molar-refractivity contribution in [3.05, 3.63) is 126 Å². The van der Waals surface area contributed by atoms with Crippen molar-refractivity contribution < 1.29 is 19.1 Å². The minimum atomic E-state index is -0.469. The number of carbonyl (C=O) groups excluding carboxylic acids is 2. The van der Waals surface area contributed by atoms with Crippen LogP contribution in [0, 0.1) is 0 Å². The number of hydrogen-bond acceptors (Lipinski definition) is 5. The van der Waals surface area contributed by atoms with Gasteiger partial charge in [-0.1, -0.05) is 60.7 Å². The van der Waals surface area contributed by atoms with E-state index in [1.54, 1.807) is 60.3 Å². The summed E-state index contributed by atoms with van der Waals surface area (Å²) in [6.07, 6.45) is 1.57. The Morgan fingerprint density at radius 1 is 0.789 bits per heavy atom. The van der Waals surface area contributed by atoms with Crippen molar-refractivity contribution in [2.24, 2.45) is 0 Å². The zero-order valence-corrected chi connectivity index (χ0v) is 22.0. The predicted octanol–water partition coefficient (Wildman–Crippen LogP) is 6.41. The lowest BCUT2D eigenvalue weighted by atomic mass is 10.1. The van der Waals surface area contributed by atoms with Crippen molar-refractivity contribution >= 4 is 35.3 Å². The molecule has 0 aliphatic heterocycles. The van der Waals surface area contributed by atoms with Gasteiger partial charge in [-0.05, 0) is 54.1 Å². The second-order valence-corrected chi connectivity index (χ2v) is 9.26. The second-order valence-electron chi connectivity index (χ2n) is 8.21. The predicted molar refractivity (Wildman–Crippen MR) is 153 cm³/mol. The number of ether oxygens (including phenoxy) is 2. The van der Waals surface area contributed by atoms with E-state index in [-0.39, 0.29) is 5.70 Å². The second kappa shape index (κ2) is 13.2. The third-order valence-electron chi connectivity index (χ3n) is 5.62. The van der Waals surface area contributed by atoms with Crippen LogP contribution in [0.4, 0.5) is 5.69 Å². The van der Waals surface area contributed by atoms with Crippen LogP contribution >= 0.6 is 11.8 Å². The van der Waals surface area contributed by atoms with Crippen LogP contribution < -0.4 is 20.1 Å². The minimum absolute atomic E-state index is 0.0629. The van der Waals surface area contributed by atoms with Crippen LogP contribution in [-0.4, -0.2) is 26.0 Å². The van der Waals surface area contributed by atoms with Crippen molar-refractivity contribution in [2.45, 2.75) is 10.6 Å². The van der Waals surface area contributed by atoms with E-state index in [2.05, 4.69) is 22.8 Å². The molecule has 0 fully saturated rings. The summed E-state index contributed by atoms with van der Waals surface area (Å²) in [5.74, 6) is 0.950. The molecule has 0 bridgehead atoms. The molecule has 0 aliphatic carbocycles. The lowest BCUT2D eigenvalue weighted by Gasteiger charge is -2.14. The van der Waals surface area contributed by atoms with E-state index in [0.29, 0.717) is 28.3 Å². The van der Waals surface area contributed by atoms with Gasteiger partial charge in [-0.2, -0.15) is 0 Å². The molecule has 0 heterocycles. The van der Waals surface area contributed by atoms with Crippen molar-refractivity contribution in [1.82, 2.24) is 5.32 Å². The van der Waals surface area contributed by atoms with E-state index in [4.69, 9.17) is 9.47 Å². The summed E-state index contributed by atoms with van der Waals surface area (Å²) in [5.41, 5.74) is 2.93. The fourth-order valence-corrected chi connectivity index (χ4v) is 4.55. The van der Waals surface area contributed by atoms with Crippen molar-refractivity contribution in [3.8, 4) is 11.5 Å². The van der Waals surface area contributed by atoms with Crippen LogP contribution in [-0.2, 0) is 10.5 Å². The quantitative estimate of drug-likeness (QED) is 0.185. The van der Waals surface area contributed by atoms with Crippen LogP contribution in [0.25, 0.3) is 6.08 Å². The Kier molecular flexibility index (Phi) is 9.21. The first-order chi connectivity index (χ1) is 18.6. The SMILES string of the molecule is COc1cccc(/C=C(\NC(=O)c2ccccc2)C(=O)Nc2ccc(SCc3ccccc3)cc2)c1OC. The van der Waals surface area contributed by atoms with Gasteiger partial charge >= 0.3 is 0 Å². The Hall–Kier alpha value is -4.49. The number of methoxy groups -OCH3 is 2. The Balaban J connectivity index is 1.54. The standard InChI is InChI=1S/C31H28N2O4S/c1-36-28-15-9-14-24(29(28)37-2)20-27(33-30(34)23-12-7-4-8-13-23)31(35)32-25-16-18-26(19-17-25)38-21-22-10-5-3-6-11-22/h3-20H,21H2,1-2H3,(H,32,35)(H,33,34)/b27-20-. The van der Waals surface area contributed by atoms with Gasteiger partial charge in [0.15, 0.2) is 11.5 Å². The molecule has 0 saturated carbocycles. The highest BCUT2D eigenvalue weighted by atomic mass is 32.2. The molecular formula is C31H28N2O4S. The molecule has 0 radical (unpaired) electrons. The Morgan fingerprint density at radius 3 is 2.13 bits per heavy atom. The highest BCUT2D eigenvalue weighted by molar-refractivity contribution is 7.98. The Bertz CT molecular complexity index is 1410. The average Bonchev–Trinajstić information content (AvgIpc) is 2.97. The average molecular weight is 525 g/mol. The zero-order chi connectivity index (χ0) is 26.7. The molecule has 0 atom stereocenters. The summed E-state index contributed by atoms with van der Waals surface area (Å²) in [7, 11) is 3.06. The number of amides is 2. The summed E-state index contributed by atoms with van der Waals surface area (Å²) in [6.45, 7) is 0. The number of thioether (sulfide) groups is 1. The molecule has 192 valence electrons. The first-order valence-electron chi connectivity index (χ1n) is 11.9. The molecule has 2 amide bonds. The Morgan fingerprint density at radius 2 is 1.47 bits per heavy atom. The van der Waals surface area contributed by atoms with Gasteiger partial charge in [-0.25, -0.2) is 0 Å². The molecule has 4 aromatic rings. The molecule has 0 spiro atoms. The number of hydrogen-bond donors (Lipinski definition) is 2. The molecule has 0 saturated heterocycles. The summed E-state index contributed by atoms with van der Waals surface area (Å²) >= 11 is 1.72. The highest BCUT2D eigenvalue weighted by Crippen LogP contribution is 2.32. The van der Waals surface area contributed by atoms with Crippen LogP contribution in [0.2, 0.25) is 0 Å². The third kappa shape index (κ3) is 7.05. The fraction of sp³-hybridized carbons (Fsp3) is 0.0968. The smallest absolute Gasteiger partial charge is 0.272 e. The van der Waals surface area contributed by atoms with E-state index in [9.17, 15) is 9.59 Å². The van der Waals surface area contributed by atoms with E-state index in [1.165, 1.54) is 19.8 Å². The van der Waals surface area contributed by atoms with Gasteiger partial charge in [-0.3, -0.25) is 9.59 Å². The topological polar surface area (TPSA) is 76.7 Å². The molecule has 7 heteroatoms. The van der Waals surface area contributed by atoms with Gasteiger partial charge in [0.1, 0.15) is 5.70 Å². The van der Waals surface area contributed by atoms with Gasteiger partial charge in [0.2, 0.25) is 0 Å². The van der Waals surface area contributed by atoms with Gasteiger partial charge in [0.25, 0.3) is 11.8 Å². The third-order valence-corrected chi connectivity index (χ3v) is 6.71. The first-order valence-corrected chi connectivity index (χ1v) is 12.9. The maximum Gasteiger partial charge on any atom is 0.272 e. The summed E-state index contributed by atoms with van der Waals surface area (Å²) in [4.78, 5) is 27.4. The van der Waals surface area contributed by atoms with Crippen molar-refractivity contribution in [3.63, 3.8) is 0 Å². The number of para-hydroxylation sites is 1. The molecule has 38 heavy (non-hydrogen) atoms. The number of nitrogens with one attached hydrogen (secondary N) is 2. The molecule has 0 aliphatic rings. The number of rotatable bonds is 10. The summed E-state index contributed by atoms with van der Waals surface area (Å²) in [6, 6.07) is 31.9. The van der Waals surface area contributed by atoms with E-state index in [0.717, 1.165) is 10.6 Å². The van der Waals surface area contributed by atoms with E-state index >= 15 is 0 Å². The monoisotopic (exact) mass is 524 g/mol. The van der Waals surface area contributed by atoms with Gasteiger partial charge in [0, 0.05) is 27.5 Å². The van der Waals surface area contributed by atoms with Crippen molar-refractivity contribution in [1.29, 1.82) is 0 Å². The molecule has 6 nitrogen and oxygen atoms in total. The molecule has 2 N–H and O–H groups in total. The van der Waals surface area contributed by atoms with E-state index in [1.807, 2.05) is 48.5 Å². The highest BCUT2D eigenvalue weighted by Gasteiger charge is 2.17. The molecule has 4 aromatic carbocycles. The zero-order valence-electron chi connectivity index (χ0n) is 21.1. The molecule has 4 rings (SSSR count). The van der Waals surface area contributed by atoms with Crippen LogP contribution in [0.15, 0.2) is 114 Å². The molecular weight excluding hydrogens is 496 g/mol. The first kappa shape index (κ1) is 26.6. The minimum Gasteiger partial charge on any atom is -0.493 e. The van der Waals surface area contributed by atoms with Crippen molar-refractivity contribution in [2.75, 3.05) is 19.5 Å². The number of carbonyl (C=O) groups is 2. The van der Waals surface area contributed by atoms with Gasteiger partial charge < -0.3 is 20.1 Å². The van der Waals surface area contributed by atoms with Gasteiger partial charge in [-0.15, -0.1) is 11.8 Å². The maximum absolute atomic E-state index is 13.4. The maximum atomic E-state index is 13.4. The summed E-state index contributed by atoms with van der Waals surface area (Å²) < 4.78 is 10.9. The lowest BCUT2D eigenvalue weighted by molar-refractivity contribution is -0.113. The van der Waals surface area contributed by atoms with E-state index < -0.39 is 11.8 Å². The van der Waals surface area contributed by atoms with Crippen LogP contribution in [0.1, 0.15) is 21.5 Å². The molecule has 0 aromatic heterocycles. The fourth-order valence-electron chi connectivity index (χ4n) is 3.70.